The van der Waals surface area contributed by atoms with E-state index in [2.05, 4.69) is 5.32 Å². The van der Waals surface area contributed by atoms with Crippen LogP contribution in [0.2, 0.25) is 0 Å². The SMILES string of the molecule is O=C(NC1CC(=O)N(Cc2ccccc2C(F)(F)F)C1)c1ccoc1. The summed E-state index contributed by atoms with van der Waals surface area (Å²) in [6.45, 7) is 0.0151. The van der Waals surface area contributed by atoms with Crippen LogP contribution in [0.15, 0.2) is 47.3 Å². The van der Waals surface area contributed by atoms with Crippen LogP contribution in [-0.4, -0.2) is 29.3 Å². The zero-order chi connectivity index (χ0) is 18.0. The van der Waals surface area contributed by atoms with Crippen LogP contribution < -0.4 is 5.32 Å². The highest BCUT2D eigenvalue weighted by Crippen LogP contribution is 2.32. The van der Waals surface area contributed by atoms with Gasteiger partial charge in [0.15, 0.2) is 0 Å². The van der Waals surface area contributed by atoms with Crippen molar-refractivity contribution in [1.82, 2.24) is 10.2 Å². The Morgan fingerprint density at radius 3 is 2.72 bits per heavy atom. The van der Waals surface area contributed by atoms with Gasteiger partial charge in [-0.05, 0) is 17.7 Å². The predicted octanol–water partition coefficient (Wildman–Crippen LogP) is 2.83. The summed E-state index contributed by atoms with van der Waals surface area (Å²) in [6, 6.07) is 6.20. The molecule has 132 valence electrons. The lowest BCUT2D eigenvalue weighted by molar-refractivity contribution is -0.139. The summed E-state index contributed by atoms with van der Waals surface area (Å²) in [5.74, 6) is -0.682. The first-order valence-corrected chi connectivity index (χ1v) is 7.60. The molecule has 1 aromatic carbocycles. The van der Waals surface area contributed by atoms with Gasteiger partial charge in [0.1, 0.15) is 6.26 Å². The molecule has 1 N–H and O–H groups in total. The van der Waals surface area contributed by atoms with Gasteiger partial charge in [0, 0.05) is 19.5 Å². The van der Waals surface area contributed by atoms with E-state index in [1.165, 1.54) is 41.7 Å². The Morgan fingerprint density at radius 1 is 1.28 bits per heavy atom. The lowest BCUT2D eigenvalue weighted by Crippen LogP contribution is -2.37. The predicted molar refractivity (Wildman–Crippen MR) is 81.4 cm³/mol. The van der Waals surface area contributed by atoms with Gasteiger partial charge >= 0.3 is 6.18 Å². The van der Waals surface area contributed by atoms with Crippen molar-refractivity contribution in [2.24, 2.45) is 0 Å². The van der Waals surface area contributed by atoms with Gasteiger partial charge in [-0.15, -0.1) is 0 Å². The minimum absolute atomic E-state index is 0.0326. The molecular weight excluding hydrogens is 337 g/mol. The smallest absolute Gasteiger partial charge is 0.416 e. The molecule has 1 saturated heterocycles. The van der Waals surface area contributed by atoms with Crippen molar-refractivity contribution >= 4 is 11.8 Å². The van der Waals surface area contributed by atoms with Gasteiger partial charge in [-0.1, -0.05) is 18.2 Å². The van der Waals surface area contributed by atoms with E-state index in [-0.39, 0.29) is 36.9 Å². The summed E-state index contributed by atoms with van der Waals surface area (Å²) >= 11 is 0. The van der Waals surface area contributed by atoms with Crippen molar-refractivity contribution in [2.75, 3.05) is 6.54 Å². The topological polar surface area (TPSA) is 62.6 Å². The Bertz CT molecular complexity index is 772. The Kier molecular flexibility index (Phi) is 4.52. The third-order valence-corrected chi connectivity index (χ3v) is 4.02. The lowest BCUT2D eigenvalue weighted by atomic mass is 10.1. The molecular formula is C17H15F3N2O3. The maximum atomic E-state index is 13.1. The highest BCUT2D eigenvalue weighted by atomic mass is 19.4. The van der Waals surface area contributed by atoms with Gasteiger partial charge in [0.05, 0.1) is 23.4 Å². The number of alkyl halides is 3. The molecule has 2 aromatic rings. The molecule has 1 aliphatic heterocycles. The van der Waals surface area contributed by atoms with Gasteiger partial charge < -0.3 is 14.6 Å². The fourth-order valence-electron chi connectivity index (χ4n) is 2.82. The van der Waals surface area contributed by atoms with Crippen molar-refractivity contribution in [3.8, 4) is 0 Å². The maximum Gasteiger partial charge on any atom is 0.416 e. The number of hydrogen-bond acceptors (Lipinski definition) is 3. The summed E-state index contributed by atoms with van der Waals surface area (Å²) in [7, 11) is 0. The van der Waals surface area contributed by atoms with E-state index in [4.69, 9.17) is 4.42 Å². The van der Waals surface area contributed by atoms with Crippen LogP contribution in [0.25, 0.3) is 0 Å². The molecule has 0 radical (unpaired) electrons. The van der Waals surface area contributed by atoms with Crippen LogP contribution in [0.3, 0.4) is 0 Å². The lowest BCUT2D eigenvalue weighted by Gasteiger charge is -2.20. The second-order valence-electron chi connectivity index (χ2n) is 5.82. The van der Waals surface area contributed by atoms with E-state index in [9.17, 15) is 22.8 Å². The fraction of sp³-hybridized carbons (Fsp3) is 0.294. The van der Waals surface area contributed by atoms with E-state index < -0.39 is 17.8 Å². The second-order valence-corrected chi connectivity index (χ2v) is 5.82. The minimum atomic E-state index is -4.48. The van der Waals surface area contributed by atoms with E-state index in [0.717, 1.165) is 6.07 Å². The highest BCUT2D eigenvalue weighted by Gasteiger charge is 2.36. The minimum Gasteiger partial charge on any atom is -0.472 e. The van der Waals surface area contributed by atoms with Crippen LogP contribution in [0.4, 0.5) is 13.2 Å². The number of benzene rings is 1. The number of furan rings is 1. The highest BCUT2D eigenvalue weighted by molar-refractivity contribution is 5.94. The van der Waals surface area contributed by atoms with Crippen LogP contribution in [0.1, 0.15) is 27.9 Å². The standard InChI is InChI=1S/C17H15F3N2O3/c18-17(19,20)14-4-2-1-3-11(14)8-22-9-13(7-15(22)23)21-16(24)12-5-6-25-10-12/h1-6,10,13H,7-9H2,(H,21,24). The van der Waals surface area contributed by atoms with E-state index in [0.29, 0.717) is 5.56 Å². The van der Waals surface area contributed by atoms with Crippen molar-refractivity contribution < 1.29 is 27.2 Å². The number of hydrogen-bond donors (Lipinski definition) is 1. The normalized spacial score (nSPS) is 17.8. The van der Waals surface area contributed by atoms with E-state index >= 15 is 0 Å². The van der Waals surface area contributed by atoms with E-state index in [1.807, 2.05) is 0 Å². The molecule has 5 nitrogen and oxygen atoms in total. The van der Waals surface area contributed by atoms with Gasteiger partial charge in [-0.25, -0.2) is 0 Å². The molecule has 1 atom stereocenters. The Morgan fingerprint density at radius 2 is 2.04 bits per heavy atom. The molecule has 3 rings (SSSR count). The van der Waals surface area contributed by atoms with Crippen molar-refractivity contribution in [2.45, 2.75) is 25.2 Å². The first kappa shape index (κ1) is 17.1. The molecule has 8 heteroatoms. The number of nitrogens with zero attached hydrogens (tertiary/aromatic N) is 1. The Balaban J connectivity index is 1.67. The van der Waals surface area contributed by atoms with Crippen molar-refractivity contribution in [1.29, 1.82) is 0 Å². The second kappa shape index (κ2) is 6.62. The van der Waals surface area contributed by atoms with Crippen LogP contribution in [0, 0.1) is 0 Å². The average molecular weight is 352 g/mol. The van der Waals surface area contributed by atoms with Gasteiger partial charge in [-0.2, -0.15) is 13.2 Å². The molecule has 1 unspecified atom stereocenters. The number of nitrogens with one attached hydrogen (secondary N) is 1. The Labute approximate surface area is 141 Å². The third-order valence-electron chi connectivity index (χ3n) is 4.02. The molecule has 1 aromatic heterocycles. The summed E-state index contributed by atoms with van der Waals surface area (Å²) < 4.78 is 44.0. The van der Waals surface area contributed by atoms with Gasteiger partial charge in [0.25, 0.3) is 5.91 Å². The Hall–Kier alpha value is -2.77. The zero-order valence-electron chi connectivity index (χ0n) is 13.0. The summed E-state index contributed by atoms with van der Waals surface area (Å²) in [4.78, 5) is 25.4. The van der Waals surface area contributed by atoms with Gasteiger partial charge in [0.2, 0.25) is 5.91 Å². The summed E-state index contributed by atoms with van der Waals surface area (Å²) in [5.41, 5.74) is -0.396. The fourth-order valence-corrected chi connectivity index (χ4v) is 2.82. The monoisotopic (exact) mass is 352 g/mol. The molecule has 1 fully saturated rings. The van der Waals surface area contributed by atoms with Crippen molar-refractivity contribution in [3.05, 3.63) is 59.5 Å². The number of rotatable bonds is 4. The molecule has 2 heterocycles. The molecule has 0 aliphatic carbocycles. The maximum absolute atomic E-state index is 13.1. The number of amides is 2. The van der Waals surface area contributed by atoms with Crippen LogP contribution >= 0.6 is 0 Å². The quantitative estimate of drug-likeness (QED) is 0.920. The summed E-state index contributed by atoms with van der Waals surface area (Å²) in [6.07, 6.45) is -1.79. The van der Waals surface area contributed by atoms with E-state index in [1.54, 1.807) is 0 Å². The number of carbonyl (C=O) groups excluding carboxylic acids is 2. The summed E-state index contributed by atoms with van der Waals surface area (Å²) in [5, 5.41) is 2.69. The number of likely N-dealkylation sites (tertiary alicyclic amines) is 1. The third kappa shape index (κ3) is 3.84. The van der Waals surface area contributed by atoms with Gasteiger partial charge in [-0.3, -0.25) is 9.59 Å². The number of halogens is 3. The molecule has 0 spiro atoms. The molecule has 25 heavy (non-hydrogen) atoms. The molecule has 0 saturated carbocycles. The first-order valence-electron chi connectivity index (χ1n) is 7.60. The van der Waals surface area contributed by atoms with Crippen molar-refractivity contribution in [3.63, 3.8) is 0 Å². The number of carbonyl (C=O) groups is 2. The average Bonchev–Trinajstić information content (AvgIpc) is 3.18. The van der Waals surface area contributed by atoms with Crippen LogP contribution in [-0.2, 0) is 17.5 Å². The molecule has 1 aliphatic rings. The zero-order valence-corrected chi connectivity index (χ0v) is 13.0. The van der Waals surface area contributed by atoms with Crippen LogP contribution in [0.5, 0.6) is 0 Å². The largest absolute Gasteiger partial charge is 0.472 e. The molecule has 2 amide bonds. The molecule has 0 bridgehead atoms. The first-order chi connectivity index (χ1) is 11.8.